The minimum atomic E-state index is -0.770. The van der Waals surface area contributed by atoms with E-state index < -0.39 is 17.5 Å². The van der Waals surface area contributed by atoms with E-state index >= 15 is 0 Å². The number of hydrogen-bond donors (Lipinski definition) is 3. The maximum Gasteiger partial charge on any atom is 0.295 e. The molecule has 0 radical (unpaired) electrons. The van der Waals surface area contributed by atoms with Crippen molar-refractivity contribution in [3.8, 4) is 5.69 Å². The molecule has 13 heteroatoms. The van der Waals surface area contributed by atoms with Gasteiger partial charge in [-0.05, 0) is 35.4 Å². The Hall–Kier alpha value is -4.65. The molecule has 0 spiro atoms. The molecule has 0 bridgehead atoms. The summed E-state index contributed by atoms with van der Waals surface area (Å²) in [6.07, 6.45) is 6.88. The van der Waals surface area contributed by atoms with Crippen LogP contribution in [-0.4, -0.2) is 59.9 Å². The van der Waals surface area contributed by atoms with Crippen molar-refractivity contribution < 1.29 is 14.0 Å². The van der Waals surface area contributed by atoms with Crippen molar-refractivity contribution in [2.75, 3.05) is 18.1 Å². The molecule has 0 atom stereocenters. The number of H-pyrrole nitrogens is 1. The van der Waals surface area contributed by atoms with E-state index in [0.717, 1.165) is 17.7 Å². The van der Waals surface area contributed by atoms with Crippen molar-refractivity contribution in [1.82, 2.24) is 46.0 Å². The van der Waals surface area contributed by atoms with Crippen LogP contribution in [0.25, 0.3) is 16.6 Å². The molecule has 0 unspecified atom stereocenters. The standard InChI is InChI=1S/C23H21FN10O2/c24-17-13-26-22(33-11-8-27-30-33)19-18(17)16(12-25-19)20(35)23(36)32-9-6-14(7-10-32)21-28-29-31-34(21)15-4-2-1-3-5-15/h1-5,8,11-14,25,27,30H,6-7,9-10H2. The first-order chi connectivity index (χ1) is 17.6. The van der Waals surface area contributed by atoms with Gasteiger partial charge in [-0.2, -0.15) is 4.68 Å². The molecular formula is C23H21FN10O2. The predicted octanol–water partition coefficient (Wildman–Crippen LogP) is 1.57. The summed E-state index contributed by atoms with van der Waals surface area (Å²) in [6, 6.07) is 9.59. The number of pyridine rings is 1. The summed E-state index contributed by atoms with van der Waals surface area (Å²) in [5.74, 6) is -1.01. The molecule has 2 aliphatic rings. The smallest absolute Gasteiger partial charge is 0.295 e. The number of nitrogens with one attached hydrogen (secondary N) is 3. The average Bonchev–Trinajstić information content (AvgIpc) is 3.70. The molecule has 0 saturated carbocycles. The largest absolute Gasteiger partial charge is 0.357 e. The van der Waals surface area contributed by atoms with Gasteiger partial charge < -0.3 is 15.3 Å². The number of amides is 1. The maximum absolute atomic E-state index is 14.7. The van der Waals surface area contributed by atoms with Gasteiger partial charge in [-0.3, -0.25) is 9.59 Å². The van der Waals surface area contributed by atoms with Crippen molar-refractivity contribution >= 4 is 28.4 Å². The van der Waals surface area contributed by atoms with E-state index in [0.29, 0.717) is 37.3 Å². The zero-order valence-corrected chi connectivity index (χ0v) is 18.9. The summed E-state index contributed by atoms with van der Waals surface area (Å²) < 4.78 is 16.4. The molecule has 0 aliphatic carbocycles. The van der Waals surface area contributed by atoms with E-state index in [1.54, 1.807) is 17.1 Å². The molecule has 1 saturated heterocycles. The third-order valence-electron chi connectivity index (χ3n) is 6.44. The predicted molar refractivity (Wildman–Crippen MR) is 126 cm³/mol. The molecule has 2 aliphatic heterocycles. The zero-order valence-electron chi connectivity index (χ0n) is 18.9. The van der Waals surface area contributed by atoms with Crippen LogP contribution in [0.15, 0.2) is 55.1 Å². The number of hydrazine groups is 2. The third kappa shape index (κ3) is 3.65. The summed E-state index contributed by atoms with van der Waals surface area (Å²) in [7, 11) is 0. The second kappa shape index (κ2) is 8.85. The quantitative estimate of drug-likeness (QED) is 0.282. The van der Waals surface area contributed by atoms with Gasteiger partial charge in [0.2, 0.25) is 0 Å². The Balaban J connectivity index is 1.19. The highest BCUT2D eigenvalue weighted by Crippen LogP contribution is 2.31. The van der Waals surface area contributed by atoms with Crippen LogP contribution in [-0.2, 0) is 4.79 Å². The zero-order chi connectivity index (χ0) is 24.6. The lowest BCUT2D eigenvalue weighted by Gasteiger charge is -2.30. The molecule has 4 aromatic rings. The Kier molecular flexibility index (Phi) is 5.37. The van der Waals surface area contributed by atoms with Crippen LogP contribution in [0.5, 0.6) is 0 Å². The minimum Gasteiger partial charge on any atom is -0.357 e. The summed E-state index contributed by atoms with van der Waals surface area (Å²) in [4.78, 5) is 34.8. The number of benzene rings is 1. The summed E-state index contributed by atoms with van der Waals surface area (Å²) >= 11 is 0. The fourth-order valence-electron chi connectivity index (χ4n) is 4.64. The topological polar surface area (TPSA) is 137 Å². The molecule has 36 heavy (non-hydrogen) atoms. The van der Waals surface area contributed by atoms with Gasteiger partial charge in [0.05, 0.1) is 28.4 Å². The average molecular weight is 488 g/mol. The number of carbonyl (C=O) groups is 2. The highest BCUT2D eigenvalue weighted by molar-refractivity contribution is 6.45. The lowest BCUT2D eigenvalue weighted by molar-refractivity contribution is -0.127. The molecular weight excluding hydrogens is 467 g/mol. The normalized spacial score (nSPS) is 16.0. The molecule has 1 amide bonds. The van der Waals surface area contributed by atoms with Crippen molar-refractivity contribution in [3.05, 3.63) is 72.3 Å². The number of piperidine rings is 1. The van der Waals surface area contributed by atoms with Crippen LogP contribution in [0.3, 0.4) is 0 Å². The first-order valence-electron chi connectivity index (χ1n) is 11.4. The number of nitrogens with zero attached hydrogens (tertiary/aromatic N) is 7. The van der Waals surface area contributed by atoms with Gasteiger partial charge in [0.1, 0.15) is 0 Å². The Morgan fingerprint density at radius 2 is 1.92 bits per heavy atom. The molecule has 6 rings (SSSR count). The number of halogens is 1. The van der Waals surface area contributed by atoms with E-state index in [9.17, 15) is 14.0 Å². The van der Waals surface area contributed by atoms with Crippen molar-refractivity contribution in [2.45, 2.75) is 18.8 Å². The SMILES string of the molecule is O=C(C(=O)N1CCC(c2nnnn2-c2ccccc2)CC1)c1c[nH]c2c(N3C=CNN3)ncc(F)c12. The number of aromatic amines is 1. The lowest BCUT2D eigenvalue weighted by Crippen LogP contribution is -2.42. The first kappa shape index (κ1) is 21.9. The van der Waals surface area contributed by atoms with Crippen LogP contribution >= 0.6 is 0 Å². The summed E-state index contributed by atoms with van der Waals surface area (Å²) in [5, 5.41) is 13.7. The summed E-state index contributed by atoms with van der Waals surface area (Å²) in [6.45, 7) is 0.728. The highest BCUT2D eigenvalue weighted by Gasteiger charge is 2.33. The van der Waals surface area contributed by atoms with Gasteiger partial charge in [-0.1, -0.05) is 18.2 Å². The molecule has 1 aromatic carbocycles. The van der Waals surface area contributed by atoms with E-state index in [4.69, 9.17) is 0 Å². The monoisotopic (exact) mass is 488 g/mol. The van der Waals surface area contributed by atoms with Gasteiger partial charge in [-0.15, -0.1) is 10.6 Å². The minimum absolute atomic E-state index is 0.0253. The Morgan fingerprint density at radius 1 is 1.11 bits per heavy atom. The molecule has 1 fully saturated rings. The van der Waals surface area contributed by atoms with E-state index in [-0.39, 0.29) is 16.9 Å². The van der Waals surface area contributed by atoms with Gasteiger partial charge in [0.15, 0.2) is 17.5 Å². The number of hydrogen-bond acceptors (Lipinski definition) is 9. The number of aromatic nitrogens is 6. The van der Waals surface area contributed by atoms with Crippen LogP contribution in [0.4, 0.5) is 10.2 Å². The fourth-order valence-corrected chi connectivity index (χ4v) is 4.64. The number of fused-ring (bicyclic) bond motifs is 1. The van der Waals surface area contributed by atoms with E-state index in [1.807, 2.05) is 30.3 Å². The van der Waals surface area contributed by atoms with Crippen molar-refractivity contribution in [2.24, 2.45) is 0 Å². The van der Waals surface area contributed by atoms with Crippen molar-refractivity contribution in [1.29, 1.82) is 0 Å². The van der Waals surface area contributed by atoms with Crippen molar-refractivity contribution in [3.63, 3.8) is 0 Å². The Labute approximate surface area is 203 Å². The Morgan fingerprint density at radius 3 is 2.67 bits per heavy atom. The first-order valence-corrected chi connectivity index (χ1v) is 11.4. The molecule has 3 N–H and O–H groups in total. The fraction of sp³-hybridized carbons (Fsp3) is 0.217. The lowest BCUT2D eigenvalue weighted by atomic mass is 9.95. The van der Waals surface area contributed by atoms with Crippen LogP contribution in [0.1, 0.15) is 34.9 Å². The number of para-hydroxylation sites is 1. The van der Waals surface area contributed by atoms with E-state index in [1.165, 1.54) is 16.1 Å². The number of Topliss-reactive ketones (excluding diaryl/α,β-unsaturated/α-hetero) is 1. The number of likely N-dealkylation sites (tertiary alicyclic amines) is 1. The molecule has 12 nitrogen and oxygen atoms in total. The maximum atomic E-state index is 14.7. The van der Waals surface area contributed by atoms with Crippen LogP contribution in [0, 0.1) is 5.82 Å². The molecule has 3 aromatic heterocycles. The Bertz CT molecular complexity index is 1470. The van der Waals surface area contributed by atoms with Gasteiger partial charge in [0, 0.05) is 37.6 Å². The third-order valence-corrected chi connectivity index (χ3v) is 6.44. The highest BCUT2D eigenvalue weighted by atomic mass is 19.1. The molecule has 5 heterocycles. The second-order valence-electron chi connectivity index (χ2n) is 8.50. The van der Waals surface area contributed by atoms with Gasteiger partial charge in [0.25, 0.3) is 11.7 Å². The number of rotatable bonds is 5. The molecule has 182 valence electrons. The number of ketones is 1. The van der Waals surface area contributed by atoms with Crippen LogP contribution < -0.4 is 16.0 Å². The summed E-state index contributed by atoms with van der Waals surface area (Å²) in [5.41, 5.74) is 6.73. The van der Waals surface area contributed by atoms with E-state index in [2.05, 4.69) is 36.5 Å². The van der Waals surface area contributed by atoms with Gasteiger partial charge >= 0.3 is 0 Å². The second-order valence-corrected chi connectivity index (χ2v) is 8.50. The number of tetrazole rings is 1. The number of anilines is 1. The van der Waals surface area contributed by atoms with Crippen LogP contribution in [0.2, 0.25) is 0 Å². The van der Waals surface area contributed by atoms with Gasteiger partial charge in [-0.25, -0.2) is 14.4 Å². The number of carbonyl (C=O) groups excluding carboxylic acids is 2.